The average Bonchev–Trinajstić information content (AvgIpc) is 3.24. The third-order valence-corrected chi connectivity index (χ3v) is 5.86. The Morgan fingerprint density at radius 1 is 1.00 bits per heavy atom. The number of aliphatic hydroxyl groups is 1. The highest BCUT2D eigenvalue weighted by atomic mass is 16.5. The number of amides is 2. The molecular formula is C24H29N3O4. The first kappa shape index (κ1) is 21.5. The molecule has 0 aromatic heterocycles. The van der Waals surface area contributed by atoms with E-state index < -0.39 is 6.10 Å². The van der Waals surface area contributed by atoms with Crippen LogP contribution in [0.3, 0.4) is 0 Å². The fourth-order valence-electron chi connectivity index (χ4n) is 4.13. The minimum Gasteiger partial charge on any atom is -0.390 e. The van der Waals surface area contributed by atoms with Gasteiger partial charge in [-0.15, -0.1) is 0 Å². The summed E-state index contributed by atoms with van der Waals surface area (Å²) in [6.45, 7) is 2.73. The lowest BCUT2D eigenvalue weighted by molar-refractivity contribution is 0.0303. The Labute approximate surface area is 182 Å². The number of benzene rings is 2. The van der Waals surface area contributed by atoms with E-state index in [2.05, 4.69) is 34.9 Å². The SMILES string of the molecule is O=C(NCC(O)CNC1Cc2ccccc2C1)c1cccc(C(=O)N2CCOCC2)c1. The van der Waals surface area contributed by atoms with Gasteiger partial charge in [-0.05, 0) is 42.2 Å². The van der Waals surface area contributed by atoms with Crippen molar-refractivity contribution in [1.29, 1.82) is 0 Å². The number of carbonyl (C=O) groups excluding carboxylic acids is 2. The molecule has 1 atom stereocenters. The zero-order valence-corrected chi connectivity index (χ0v) is 17.5. The van der Waals surface area contributed by atoms with E-state index in [-0.39, 0.29) is 18.4 Å². The van der Waals surface area contributed by atoms with Crippen LogP contribution in [0.1, 0.15) is 31.8 Å². The molecule has 31 heavy (non-hydrogen) atoms. The van der Waals surface area contributed by atoms with Gasteiger partial charge in [-0.25, -0.2) is 0 Å². The first-order chi connectivity index (χ1) is 15.1. The van der Waals surface area contributed by atoms with E-state index in [9.17, 15) is 14.7 Å². The van der Waals surface area contributed by atoms with E-state index in [1.54, 1.807) is 29.2 Å². The van der Waals surface area contributed by atoms with Gasteiger partial charge in [0.2, 0.25) is 0 Å². The lowest BCUT2D eigenvalue weighted by Crippen LogP contribution is -2.42. The molecule has 1 saturated heterocycles. The van der Waals surface area contributed by atoms with Crippen LogP contribution in [0.5, 0.6) is 0 Å². The van der Waals surface area contributed by atoms with Crippen molar-refractivity contribution in [3.63, 3.8) is 0 Å². The summed E-state index contributed by atoms with van der Waals surface area (Å²) in [5.74, 6) is -0.399. The summed E-state index contributed by atoms with van der Waals surface area (Å²) in [6.07, 6.45) is 1.23. The summed E-state index contributed by atoms with van der Waals surface area (Å²) in [6, 6.07) is 15.4. The Morgan fingerprint density at radius 3 is 2.39 bits per heavy atom. The van der Waals surface area contributed by atoms with Gasteiger partial charge in [0, 0.05) is 43.3 Å². The Bertz CT molecular complexity index is 902. The number of nitrogens with zero attached hydrogens (tertiary/aromatic N) is 1. The van der Waals surface area contributed by atoms with Gasteiger partial charge >= 0.3 is 0 Å². The molecule has 2 aromatic rings. The van der Waals surface area contributed by atoms with E-state index in [0.29, 0.717) is 50.0 Å². The van der Waals surface area contributed by atoms with E-state index in [4.69, 9.17) is 4.74 Å². The number of rotatable bonds is 7. The quantitative estimate of drug-likeness (QED) is 0.618. The highest BCUT2D eigenvalue weighted by Gasteiger charge is 2.22. The lowest BCUT2D eigenvalue weighted by atomic mass is 10.1. The highest BCUT2D eigenvalue weighted by molar-refractivity contribution is 5.99. The molecule has 7 nitrogen and oxygen atoms in total. The van der Waals surface area contributed by atoms with Gasteiger partial charge in [-0.1, -0.05) is 30.3 Å². The molecule has 4 rings (SSSR count). The largest absolute Gasteiger partial charge is 0.390 e. The van der Waals surface area contributed by atoms with Crippen molar-refractivity contribution in [3.8, 4) is 0 Å². The van der Waals surface area contributed by atoms with E-state index in [1.165, 1.54) is 11.1 Å². The Balaban J connectivity index is 1.23. The Hall–Kier alpha value is -2.74. The number of hydrogen-bond donors (Lipinski definition) is 3. The molecule has 1 heterocycles. The van der Waals surface area contributed by atoms with Crippen molar-refractivity contribution in [2.45, 2.75) is 25.0 Å². The fraction of sp³-hybridized carbons (Fsp3) is 0.417. The highest BCUT2D eigenvalue weighted by Crippen LogP contribution is 2.21. The minimum absolute atomic E-state index is 0.0975. The molecule has 7 heteroatoms. The summed E-state index contributed by atoms with van der Waals surface area (Å²) >= 11 is 0. The minimum atomic E-state index is -0.689. The second kappa shape index (κ2) is 10.0. The zero-order valence-electron chi connectivity index (χ0n) is 17.5. The summed E-state index contributed by atoms with van der Waals surface area (Å²) in [4.78, 5) is 26.9. The van der Waals surface area contributed by atoms with Gasteiger partial charge in [-0.3, -0.25) is 9.59 Å². The molecule has 0 radical (unpaired) electrons. The molecule has 3 N–H and O–H groups in total. The van der Waals surface area contributed by atoms with Crippen molar-refractivity contribution in [3.05, 3.63) is 70.8 Å². The number of nitrogens with one attached hydrogen (secondary N) is 2. The standard InChI is InChI=1S/C24H29N3O4/c28-22(15-25-21-13-17-4-1-2-5-18(17)14-21)16-26-23(29)19-6-3-7-20(12-19)24(30)27-8-10-31-11-9-27/h1-7,12,21-22,25,28H,8-11,13-16H2,(H,26,29). The van der Waals surface area contributed by atoms with Crippen LogP contribution in [0.15, 0.2) is 48.5 Å². The molecule has 0 bridgehead atoms. The van der Waals surface area contributed by atoms with E-state index >= 15 is 0 Å². The second-order valence-electron chi connectivity index (χ2n) is 8.13. The molecule has 2 aromatic carbocycles. The van der Waals surface area contributed by atoms with Crippen molar-refractivity contribution in [2.24, 2.45) is 0 Å². The summed E-state index contributed by atoms with van der Waals surface area (Å²) in [7, 11) is 0. The number of ether oxygens (including phenoxy) is 1. The fourth-order valence-corrected chi connectivity index (χ4v) is 4.13. The Morgan fingerprint density at radius 2 is 1.68 bits per heavy atom. The number of aliphatic hydroxyl groups excluding tert-OH is 1. The predicted molar refractivity (Wildman–Crippen MR) is 117 cm³/mol. The van der Waals surface area contributed by atoms with Crippen molar-refractivity contribution in [1.82, 2.24) is 15.5 Å². The molecule has 1 unspecified atom stereocenters. The molecule has 164 valence electrons. The van der Waals surface area contributed by atoms with Crippen LogP contribution in [0.4, 0.5) is 0 Å². The molecule has 0 saturated carbocycles. The van der Waals surface area contributed by atoms with Gasteiger partial charge in [0.1, 0.15) is 0 Å². The smallest absolute Gasteiger partial charge is 0.254 e. The topological polar surface area (TPSA) is 90.9 Å². The third kappa shape index (κ3) is 5.50. The van der Waals surface area contributed by atoms with Crippen LogP contribution in [0.25, 0.3) is 0 Å². The number of fused-ring (bicyclic) bond motifs is 1. The van der Waals surface area contributed by atoms with E-state index in [0.717, 1.165) is 12.8 Å². The monoisotopic (exact) mass is 423 g/mol. The van der Waals surface area contributed by atoms with Crippen LogP contribution < -0.4 is 10.6 Å². The summed E-state index contributed by atoms with van der Waals surface area (Å²) in [5, 5.41) is 16.4. The first-order valence-corrected chi connectivity index (χ1v) is 10.8. The first-order valence-electron chi connectivity index (χ1n) is 10.8. The van der Waals surface area contributed by atoms with E-state index in [1.807, 2.05) is 0 Å². The number of hydrogen-bond acceptors (Lipinski definition) is 5. The van der Waals surface area contributed by atoms with Crippen LogP contribution in [0.2, 0.25) is 0 Å². The average molecular weight is 424 g/mol. The maximum absolute atomic E-state index is 12.6. The molecule has 1 aliphatic heterocycles. The maximum atomic E-state index is 12.6. The van der Waals surface area contributed by atoms with Crippen molar-refractivity contribution in [2.75, 3.05) is 39.4 Å². The number of carbonyl (C=O) groups is 2. The van der Waals surface area contributed by atoms with Gasteiger partial charge in [0.05, 0.1) is 19.3 Å². The molecule has 2 aliphatic rings. The lowest BCUT2D eigenvalue weighted by Gasteiger charge is -2.27. The van der Waals surface area contributed by atoms with Crippen LogP contribution in [-0.4, -0.2) is 73.4 Å². The zero-order chi connectivity index (χ0) is 21.6. The van der Waals surface area contributed by atoms with Crippen LogP contribution in [0, 0.1) is 0 Å². The van der Waals surface area contributed by atoms with Crippen molar-refractivity contribution < 1.29 is 19.4 Å². The normalized spacial score (nSPS) is 17.3. The second-order valence-corrected chi connectivity index (χ2v) is 8.13. The maximum Gasteiger partial charge on any atom is 0.254 e. The van der Waals surface area contributed by atoms with Gasteiger partial charge in [-0.2, -0.15) is 0 Å². The Kier molecular flexibility index (Phi) is 6.96. The summed E-state index contributed by atoms with van der Waals surface area (Å²) < 4.78 is 5.28. The summed E-state index contributed by atoms with van der Waals surface area (Å²) in [5.41, 5.74) is 3.60. The number of morpholine rings is 1. The van der Waals surface area contributed by atoms with Crippen LogP contribution in [-0.2, 0) is 17.6 Å². The van der Waals surface area contributed by atoms with Gasteiger partial charge in [0.15, 0.2) is 0 Å². The predicted octanol–water partition coefficient (Wildman–Crippen LogP) is 1.01. The molecule has 0 spiro atoms. The van der Waals surface area contributed by atoms with Gasteiger partial charge < -0.3 is 25.4 Å². The molecule has 1 fully saturated rings. The molecule has 1 aliphatic carbocycles. The molecular weight excluding hydrogens is 394 g/mol. The third-order valence-electron chi connectivity index (χ3n) is 5.86. The van der Waals surface area contributed by atoms with Gasteiger partial charge in [0.25, 0.3) is 11.8 Å². The molecule has 2 amide bonds. The van der Waals surface area contributed by atoms with Crippen molar-refractivity contribution >= 4 is 11.8 Å². The van der Waals surface area contributed by atoms with Crippen LogP contribution >= 0.6 is 0 Å².